The normalized spacial score (nSPS) is 12.1. The summed E-state index contributed by atoms with van der Waals surface area (Å²) in [7, 11) is -7.58. The lowest BCUT2D eigenvalue weighted by atomic mass is 10.1. The first-order valence-electron chi connectivity index (χ1n) is 10.7. The van der Waals surface area contributed by atoms with E-state index in [-0.39, 0.29) is 20.4 Å². The first kappa shape index (κ1) is 26.0. The third-order valence-corrected chi connectivity index (χ3v) is 9.16. The molecule has 4 rings (SSSR count). The summed E-state index contributed by atoms with van der Waals surface area (Å²) < 4.78 is 55.1. The number of nitrogens with one attached hydrogen (secondary N) is 3. The van der Waals surface area contributed by atoms with E-state index in [0.717, 1.165) is 11.3 Å². The molecule has 13 heteroatoms. The monoisotopic (exact) mass is 555 g/mol. The standard InChI is InChI=1S/C24H21N5O5S3/c1-17(18-9-11-19(12-10-18)28-36(31,32)20-6-3-2-4-7-20)26-27-24(30)21-16-25-14-13-22(21)29-37(33,34)23-8-5-15-35-23/h2-16,28H,1H3,(H,25,29)(H,27,30)/b26-17+. The van der Waals surface area contributed by atoms with Crippen molar-refractivity contribution in [3.63, 3.8) is 0 Å². The van der Waals surface area contributed by atoms with Crippen LogP contribution in [0.4, 0.5) is 11.4 Å². The van der Waals surface area contributed by atoms with Gasteiger partial charge in [0.1, 0.15) is 4.21 Å². The molecule has 0 aliphatic heterocycles. The van der Waals surface area contributed by atoms with Gasteiger partial charge in [-0.2, -0.15) is 5.10 Å². The fourth-order valence-electron chi connectivity index (χ4n) is 3.13. The van der Waals surface area contributed by atoms with Crippen LogP contribution in [0.2, 0.25) is 0 Å². The van der Waals surface area contributed by atoms with E-state index < -0.39 is 26.0 Å². The second-order valence-electron chi connectivity index (χ2n) is 7.59. The lowest BCUT2D eigenvalue weighted by Gasteiger charge is -2.11. The molecule has 4 aromatic rings. The number of carbonyl (C=O) groups excluding carboxylic acids is 1. The van der Waals surface area contributed by atoms with Crippen molar-refractivity contribution < 1.29 is 21.6 Å². The minimum atomic E-state index is -3.86. The minimum Gasteiger partial charge on any atom is -0.280 e. The van der Waals surface area contributed by atoms with Crippen LogP contribution in [0.3, 0.4) is 0 Å². The number of nitrogens with zero attached hydrogens (tertiary/aromatic N) is 2. The van der Waals surface area contributed by atoms with Crippen molar-refractivity contribution in [2.45, 2.75) is 16.0 Å². The Morgan fingerprint density at radius 1 is 0.865 bits per heavy atom. The number of amides is 1. The number of aromatic nitrogens is 1. The van der Waals surface area contributed by atoms with Crippen molar-refractivity contribution in [2.75, 3.05) is 9.44 Å². The summed E-state index contributed by atoms with van der Waals surface area (Å²) in [5.41, 5.74) is 3.88. The van der Waals surface area contributed by atoms with Crippen LogP contribution < -0.4 is 14.9 Å². The van der Waals surface area contributed by atoms with Crippen molar-refractivity contribution in [3.05, 3.63) is 102 Å². The maximum absolute atomic E-state index is 12.8. The molecule has 0 aliphatic rings. The van der Waals surface area contributed by atoms with Gasteiger partial charge in [-0.15, -0.1) is 11.3 Å². The molecule has 0 atom stereocenters. The van der Waals surface area contributed by atoms with Gasteiger partial charge < -0.3 is 0 Å². The van der Waals surface area contributed by atoms with Crippen molar-refractivity contribution in [1.82, 2.24) is 10.4 Å². The lowest BCUT2D eigenvalue weighted by molar-refractivity contribution is 0.0955. The summed E-state index contributed by atoms with van der Waals surface area (Å²) >= 11 is 1.05. The number of hydrogen-bond donors (Lipinski definition) is 3. The Morgan fingerprint density at radius 2 is 1.59 bits per heavy atom. The van der Waals surface area contributed by atoms with E-state index in [1.165, 1.54) is 36.7 Å². The van der Waals surface area contributed by atoms with Crippen molar-refractivity contribution in [3.8, 4) is 0 Å². The maximum atomic E-state index is 12.8. The molecular formula is C24H21N5O5S3. The Kier molecular flexibility index (Phi) is 7.66. The van der Waals surface area contributed by atoms with Gasteiger partial charge in [0.05, 0.1) is 21.9 Å². The smallest absolute Gasteiger partial charge is 0.275 e. The molecule has 0 saturated heterocycles. The van der Waals surface area contributed by atoms with Crippen LogP contribution in [0.5, 0.6) is 0 Å². The quantitative estimate of drug-likeness (QED) is 0.211. The number of carbonyl (C=O) groups is 1. The number of rotatable bonds is 9. The molecule has 0 bridgehead atoms. The Labute approximate surface area is 218 Å². The van der Waals surface area contributed by atoms with Gasteiger partial charge in [0.2, 0.25) is 0 Å². The van der Waals surface area contributed by atoms with E-state index in [1.54, 1.807) is 60.8 Å². The van der Waals surface area contributed by atoms with Gasteiger partial charge in [-0.05, 0) is 54.3 Å². The molecule has 2 heterocycles. The lowest BCUT2D eigenvalue weighted by Crippen LogP contribution is -2.22. The summed E-state index contributed by atoms with van der Waals surface area (Å²) in [6.45, 7) is 1.66. The summed E-state index contributed by atoms with van der Waals surface area (Å²) in [4.78, 5) is 16.8. The van der Waals surface area contributed by atoms with Crippen LogP contribution in [0.25, 0.3) is 0 Å². The third kappa shape index (κ3) is 6.39. The molecule has 0 radical (unpaired) electrons. The highest BCUT2D eigenvalue weighted by Gasteiger charge is 2.20. The number of thiophene rings is 1. The average molecular weight is 556 g/mol. The molecular weight excluding hydrogens is 534 g/mol. The fourth-order valence-corrected chi connectivity index (χ4v) is 6.28. The number of pyridine rings is 1. The Hall–Kier alpha value is -4.07. The molecule has 0 unspecified atom stereocenters. The molecule has 0 aliphatic carbocycles. The largest absolute Gasteiger partial charge is 0.280 e. The predicted octanol–water partition coefficient (Wildman–Crippen LogP) is 3.90. The molecule has 2 aromatic carbocycles. The van der Waals surface area contributed by atoms with E-state index in [9.17, 15) is 21.6 Å². The molecule has 37 heavy (non-hydrogen) atoms. The highest BCUT2D eigenvalue weighted by molar-refractivity contribution is 7.94. The predicted molar refractivity (Wildman–Crippen MR) is 143 cm³/mol. The SMILES string of the molecule is C/C(=N\NC(=O)c1cnccc1NS(=O)(=O)c1cccs1)c1ccc(NS(=O)(=O)c2ccccc2)cc1. The number of anilines is 2. The molecule has 0 spiro atoms. The molecule has 0 fully saturated rings. The number of benzene rings is 2. The Balaban J connectivity index is 1.45. The number of sulfonamides is 2. The van der Waals surface area contributed by atoms with E-state index in [1.807, 2.05) is 0 Å². The van der Waals surface area contributed by atoms with Gasteiger partial charge in [0.15, 0.2) is 0 Å². The second-order valence-corrected chi connectivity index (χ2v) is 12.1. The van der Waals surface area contributed by atoms with Gasteiger partial charge in [-0.1, -0.05) is 36.4 Å². The van der Waals surface area contributed by atoms with Gasteiger partial charge >= 0.3 is 0 Å². The number of hydrazone groups is 1. The fraction of sp³-hybridized carbons (Fsp3) is 0.0417. The summed E-state index contributed by atoms with van der Waals surface area (Å²) in [5.74, 6) is -0.663. The minimum absolute atomic E-state index is 0.00940. The van der Waals surface area contributed by atoms with Gasteiger partial charge in [0, 0.05) is 18.1 Å². The van der Waals surface area contributed by atoms with Crippen LogP contribution in [0, 0.1) is 0 Å². The van der Waals surface area contributed by atoms with Crippen LogP contribution in [0.15, 0.2) is 105 Å². The Morgan fingerprint density at radius 3 is 2.27 bits per heavy atom. The zero-order valence-electron chi connectivity index (χ0n) is 19.3. The first-order chi connectivity index (χ1) is 17.7. The van der Waals surface area contributed by atoms with Crippen LogP contribution in [0.1, 0.15) is 22.8 Å². The van der Waals surface area contributed by atoms with Crippen LogP contribution >= 0.6 is 11.3 Å². The molecule has 2 aromatic heterocycles. The third-order valence-electron chi connectivity index (χ3n) is 5.00. The van der Waals surface area contributed by atoms with E-state index >= 15 is 0 Å². The van der Waals surface area contributed by atoms with E-state index in [0.29, 0.717) is 17.0 Å². The topological polar surface area (TPSA) is 147 Å². The Bertz CT molecular complexity index is 1640. The van der Waals surface area contributed by atoms with E-state index in [2.05, 4.69) is 25.0 Å². The molecule has 1 amide bonds. The van der Waals surface area contributed by atoms with Gasteiger partial charge in [-0.25, -0.2) is 22.3 Å². The summed E-state index contributed by atoms with van der Waals surface area (Å²) in [5, 5.41) is 5.72. The average Bonchev–Trinajstić information content (AvgIpc) is 3.44. The second kappa shape index (κ2) is 10.9. The van der Waals surface area contributed by atoms with E-state index in [4.69, 9.17) is 0 Å². The van der Waals surface area contributed by atoms with Crippen molar-refractivity contribution >= 4 is 54.4 Å². The first-order valence-corrected chi connectivity index (χ1v) is 14.5. The van der Waals surface area contributed by atoms with Crippen molar-refractivity contribution in [2.24, 2.45) is 5.10 Å². The molecule has 0 saturated carbocycles. The van der Waals surface area contributed by atoms with Gasteiger partial charge in [-0.3, -0.25) is 19.2 Å². The molecule has 190 valence electrons. The molecule has 3 N–H and O–H groups in total. The molecule has 10 nitrogen and oxygen atoms in total. The number of hydrogen-bond acceptors (Lipinski definition) is 8. The highest BCUT2D eigenvalue weighted by atomic mass is 32.2. The maximum Gasteiger partial charge on any atom is 0.275 e. The zero-order chi connectivity index (χ0) is 26.5. The van der Waals surface area contributed by atoms with Crippen LogP contribution in [-0.2, 0) is 20.0 Å². The highest BCUT2D eigenvalue weighted by Crippen LogP contribution is 2.22. The summed E-state index contributed by atoms with van der Waals surface area (Å²) in [6, 6.07) is 18.9. The summed E-state index contributed by atoms with van der Waals surface area (Å²) in [6.07, 6.45) is 2.60. The zero-order valence-corrected chi connectivity index (χ0v) is 21.8. The van der Waals surface area contributed by atoms with Crippen LogP contribution in [-0.4, -0.2) is 33.4 Å². The van der Waals surface area contributed by atoms with Crippen molar-refractivity contribution in [1.29, 1.82) is 0 Å². The van der Waals surface area contributed by atoms with Gasteiger partial charge in [0.25, 0.3) is 26.0 Å².